The number of para-hydroxylation sites is 2. The van der Waals surface area contributed by atoms with Crippen molar-refractivity contribution in [1.82, 2.24) is 4.57 Å². The first-order valence-electron chi connectivity index (χ1n) is 11.7. The first-order chi connectivity index (χ1) is 18.0. The molecule has 1 N–H and O–H groups in total. The van der Waals surface area contributed by atoms with E-state index in [-0.39, 0.29) is 11.5 Å². The summed E-state index contributed by atoms with van der Waals surface area (Å²) in [6.45, 7) is 1.80. The van der Waals surface area contributed by atoms with Crippen molar-refractivity contribution in [1.29, 1.82) is 0 Å². The lowest BCUT2D eigenvalue weighted by atomic mass is 9.95. The summed E-state index contributed by atoms with van der Waals surface area (Å²) in [7, 11) is 3.18. The molecular formula is C29H25N3O4S. The monoisotopic (exact) mass is 511 g/mol. The van der Waals surface area contributed by atoms with Crippen molar-refractivity contribution in [2.75, 3.05) is 19.5 Å². The minimum Gasteiger partial charge on any atom is -0.497 e. The third-order valence-electron chi connectivity index (χ3n) is 6.13. The number of carbonyl (C=O) groups is 1. The maximum atomic E-state index is 13.8. The quantitative estimate of drug-likeness (QED) is 0.426. The Labute approximate surface area is 217 Å². The summed E-state index contributed by atoms with van der Waals surface area (Å²) in [4.78, 5) is 32.7. The fraction of sp³-hybridized carbons (Fsp3) is 0.138. The molecule has 0 aliphatic carbocycles. The van der Waals surface area contributed by atoms with Crippen molar-refractivity contribution in [3.05, 3.63) is 121 Å². The molecule has 0 unspecified atom stereocenters. The van der Waals surface area contributed by atoms with Crippen LogP contribution in [-0.4, -0.2) is 24.7 Å². The highest BCUT2D eigenvalue weighted by molar-refractivity contribution is 7.07. The maximum absolute atomic E-state index is 13.8. The molecule has 0 saturated carbocycles. The summed E-state index contributed by atoms with van der Waals surface area (Å²) in [5.74, 6) is 0.974. The predicted molar refractivity (Wildman–Crippen MR) is 145 cm³/mol. The molecule has 4 aromatic rings. The molecule has 5 rings (SSSR count). The number of fused-ring (bicyclic) bond motifs is 1. The van der Waals surface area contributed by atoms with Crippen LogP contribution in [0.5, 0.6) is 11.5 Å². The molecule has 0 bridgehead atoms. The molecule has 0 spiro atoms. The van der Waals surface area contributed by atoms with Crippen LogP contribution in [0.25, 0.3) is 6.08 Å². The largest absolute Gasteiger partial charge is 0.497 e. The molecule has 3 aromatic carbocycles. The van der Waals surface area contributed by atoms with Gasteiger partial charge in [-0.05, 0) is 48.9 Å². The summed E-state index contributed by atoms with van der Waals surface area (Å²) in [5, 5.41) is 2.96. The first kappa shape index (κ1) is 24.3. The lowest BCUT2D eigenvalue weighted by Gasteiger charge is -2.25. The summed E-state index contributed by atoms with van der Waals surface area (Å²) in [5.41, 5.74) is 2.90. The molecular weight excluding hydrogens is 486 g/mol. The number of hydrogen-bond acceptors (Lipinski definition) is 6. The standard InChI is InChI=1S/C29H25N3O4S/c1-18-25(27(33)31-21-12-5-4-6-13-21)26(20-11-9-14-22(16-20)35-2)32-28(34)24(37-29(32)30-18)17-19-10-7-8-15-23(19)36-3/h4-17,26H,1-3H3,(H,31,33)/b24-17-/t26-/m1/s1. The van der Waals surface area contributed by atoms with Crippen molar-refractivity contribution in [3.63, 3.8) is 0 Å². The second-order valence-electron chi connectivity index (χ2n) is 8.42. The summed E-state index contributed by atoms with van der Waals surface area (Å²) >= 11 is 1.28. The van der Waals surface area contributed by atoms with Crippen LogP contribution in [0.15, 0.2) is 99.9 Å². The molecule has 1 amide bonds. The van der Waals surface area contributed by atoms with Gasteiger partial charge in [0.25, 0.3) is 11.5 Å². The van der Waals surface area contributed by atoms with E-state index in [1.54, 1.807) is 31.8 Å². The Hall–Kier alpha value is -4.43. The number of allylic oxidation sites excluding steroid dienone is 1. The topological polar surface area (TPSA) is 81.9 Å². The molecule has 2 heterocycles. The number of benzene rings is 3. The Morgan fingerprint density at radius 2 is 1.76 bits per heavy atom. The van der Waals surface area contributed by atoms with Crippen molar-refractivity contribution >= 4 is 29.0 Å². The van der Waals surface area contributed by atoms with Crippen molar-refractivity contribution < 1.29 is 14.3 Å². The zero-order chi connectivity index (χ0) is 25.9. The van der Waals surface area contributed by atoms with E-state index in [9.17, 15) is 9.59 Å². The van der Waals surface area contributed by atoms with Crippen LogP contribution >= 0.6 is 11.3 Å². The molecule has 186 valence electrons. The molecule has 0 fully saturated rings. The van der Waals surface area contributed by atoms with E-state index >= 15 is 0 Å². The van der Waals surface area contributed by atoms with Crippen molar-refractivity contribution in [3.8, 4) is 11.5 Å². The zero-order valence-corrected chi connectivity index (χ0v) is 21.4. The van der Waals surface area contributed by atoms with Crippen LogP contribution < -0.4 is 29.7 Å². The third-order valence-corrected chi connectivity index (χ3v) is 7.12. The highest BCUT2D eigenvalue weighted by Gasteiger charge is 2.32. The van der Waals surface area contributed by atoms with E-state index < -0.39 is 6.04 Å². The van der Waals surface area contributed by atoms with Crippen LogP contribution in [0.3, 0.4) is 0 Å². The van der Waals surface area contributed by atoms with E-state index in [0.29, 0.717) is 37.8 Å². The van der Waals surface area contributed by atoms with Gasteiger partial charge in [-0.15, -0.1) is 0 Å². The Morgan fingerprint density at radius 1 is 1.00 bits per heavy atom. The van der Waals surface area contributed by atoms with Gasteiger partial charge in [0, 0.05) is 11.3 Å². The number of amides is 1. The fourth-order valence-electron chi connectivity index (χ4n) is 4.39. The van der Waals surface area contributed by atoms with Gasteiger partial charge in [-0.2, -0.15) is 0 Å². The van der Waals surface area contributed by atoms with Crippen LogP contribution in [0.2, 0.25) is 0 Å². The summed E-state index contributed by atoms with van der Waals surface area (Å²) < 4.78 is 13.0. The van der Waals surface area contributed by atoms with Gasteiger partial charge < -0.3 is 14.8 Å². The number of hydrogen-bond donors (Lipinski definition) is 1. The lowest BCUT2D eigenvalue weighted by Crippen LogP contribution is -2.40. The van der Waals surface area contributed by atoms with Gasteiger partial charge in [-0.3, -0.25) is 14.2 Å². The normalized spacial score (nSPS) is 15.1. The minimum absolute atomic E-state index is 0.236. The average Bonchev–Trinajstić information content (AvgIpc) is 3.22. The Bertz CT molecular complexity index is 1690. The number of nitrogens with one attached hydrogen (secondary N) is 1. The third kappa shape index (κ3) is 4.71. The highest BCUT2D eigenvalue weighted by Crippen LogP contribution is 2.32. The van der Waals surface area contributed by atoms with E-state index in [0.717, 1.165) is 11.1 Å². The number of anilines is 1. The highest BCUT2D eigenvalue weighted by atomic mass is 32.1. The molecule has 7 nitrogen and oxygen atoms in total. The fourth-order valence-corrected chi connectivity index (χ4v) is 5.42. The van der Waals surface area contributed by atoms with Gasteiger partial charge in [0.15, 0.2) is 4.80 Å². The lowest BCUT2D eigenvalue weighted by molar-refractivity contribution is -0.113. The maximum Gasteiger partial charge on any atom is 0.271 e. The average molecular weight is 512 g/mol. The number of thiazole rings is 1. The molecule has 0 saturated heterocycles. The van der Waals surface area contributed by atoms with Gasteiger partial charge in [0.1, 0.15) is 11.5 Å². The molecule has 1 aliphatic rings. The smallest absolute Gasteiger partial charge is 0.271 e. The van der Waals surface area contributed by atoms with Crippen LogP contribution in [-0.2, 0) is 4.79 Å². The van der Waals surface area contributed by atoms with Gasteiger partial charge >= 0.3 is 0 Å². The number of ether oxygens (including phenoxy) is 2. The predicted octanol–water partition coefficient (Wildman–Crippen LogP) is 3.89. The summed E-state index contributed by atoms with van der Waals surface area (Å²) in [6, 6.07) is 23.4. The second-order valence-corrected chi connectivity index (χ2v) is 9.43. The number of nitrogens with zero attached hydrogens (tertiary/aromatic N) is 2. The molecule has 1 aliphatic heterocycles. The van der Waals surface area contributed by atoms with Crippen LogP contribution in [0.1, 0.15) is 24.1 Å². The molecule has 0 radical (unpaired) electrons. The molecule has 8 heteroatoms. The number of rotatable bonds is 6. The number of aromatic nitrogens is 1. The van der Waals surface area contributed by atoms with Gasteiger partial charge in [-0.1, -0.05) is 59.9 Å². The minimum atomic E-state index is -0.685. The van der Waals surface area contributed by atoms with Gasteiger partial charge in [0.2, 0.25) is 0 Å². The second kappa shape index (κ2) is 10.3. The van der Waals surface area contributed by atoms with Crippen molar-refractivity contribution in [2.24, 2.45) is 4.99 Å². The SMILES string of the molecule is COc1cccc([C@@H]2C(C(=O)Nc3ccccc3)=C(C)N=c3s/c(=C\c4ccccc4OC)c(=O)n32)c1. The van der Waals surface area contributed by atoms with E-state index in [2.05, 4.69) is 5.32 Å². The first-order valence-corrected chi connectivity index (χ1v) is 12.5. The Morgan fingerprint density at radius 3 is 2.51 bits per heavy atom. The van der Waals surface area contributed by atoms with E-state index in [4.69, 9.17) is 14.5 Å². The zero-order valence-electron chi connectivity index (χ0n) is 20.6. The van der Waals surface area contributed by atoms with Gasteiger partial charge in [0.05, 0.1) is 36.1 Å². The summed E-state index contributed by atoms with van der Waals surface area (Å²) in [6.07, 6.45) is 1.80. The van der Waals surface area contributed by atoms with E-state index in [1.807, 2.05) is 78.9 Å². The molecule has 1 aromatic heterocycles. The Kier molecular flexibility index (Phi) is 6.74. The van der Waals surface area contributed by atoms with Crippen LogP contribution in [0, 0.1) is 0 Å². The van der Waals surface area contributed by atoms with Gasteiger partial charge in [-0.25, -0.2) is 4.99 Å². The number of carbonyl (C=O) groups excluding carboxylic acids is 1. The molecule has 37 heavy (non-hydrogen) atoms. The number of methoxy groups -OCH3 is 2. The van der Waals surface area contributed by atoms with Crippen molar-refractivity contribution in [2.45, 2.75) is 13.0 Å². The molecule has 1 atom stereocenters. The Balaban J connectivity index is 1.70. The van der Waals surface area contributed by atoms with Crippen LogP contribution in [0.4, 0.5) is 5.69 Å². The van der Waals surface area contributed by atoms with E-state index in [1.165, 1.54) is 11.3 Å².